The van der Waals surface area contributed by atoms with Crippen molar-refractivity contribution < 1.29 is 9.59 Å². The molecule has 1 saturated heterocycles. The summed E-state index contributed by atoms with van der Waals surface area (Å²) in [6, 6.07) is 0.239. The molecule has 2 rings (SSSR count). The molecule has 104 valence electrons. The highest BCUT2D eigenvalue weighted by Crippen LogP contribution is 2.22. The molecular formula is C12H18N4O2S. The number of carbonyl (C=O) groups is 2. The first-order chi connectivity index (χ1) is 9.11. The summed E-state index contributed by atoms with van der Waals surface area (Å²) in [6.45, 7) is 3.00. The Bertz CT molecular complexity index is 474. The fourth-order valence-corrected chi connectivity index (χ4v) is 3.01. The minimum atomic E-state index is -0.178. The van der Waals surface area contributed by atoms with Crippen molar-refractivity contribution in [2.24, 2.45) is 0 Å². The average Bonchev–Trinajstić information content (AvgIpc) is 2.97. The molecular weight excluding hydrogens is 264 g/mol. The van der Waals surface area contributed by atoms with E-state index in [9.17, 15) is 9.59 Å². The quantitative estimate of drug-likeness (QED) is 0.861. The van der Waals surface area contributed by atoms with E-state index in [0.717, 1.165) is 25.9 Å². The standard InChI is InChI=1S/C12H18N4O2S/c1-8(17)14-12-15-10(7-19-12)11(18)16-5-3-4-9(16)6-13-2/h7,9,13H,3-6H2,1-2H3,(H,14,15,17). The second kappa shape index (κ2) is 6.12. The summed E-state index contributed by atoms with van der Waals surface area (Å²) >= 11 is 1.27. The van der Waals surface area contributed by atoms with Gasteiger partial charge in [-0.2, -0.15) is 0 Å². The Hall–Kier alpha value is -1.47. The molecule has 1 aromatic heterocycles. The number of anilines is 1. The van der Waals surface area contributed by atoms with E-state index in [0.29, 0.717) is 10.8 Å². The first-order valence-electron chi connectivity index (χ1n) is 6.30. The van der Waals surface area contributed by atoms with Gasteiger partial charge in [-0.1, -0.05) is 0 Å². The van der Waals surface area contributed by atoms with E-state index < -0.39 is 0 Å². The fraction of sp³-hybridized carbons (Fsp3) is 0.583. The second-order valence-corrected chi connectivity index (χ2v) is 5.43. The summed E-state index contributed by atoms with van der Waals surface area (Å²) in [7, 11) is 1.89. The molecule has 0 aromatic carbocycles. The minimum Gasteiger partial charge on any atom is -0.333 e. The monoisotopic (exact) mass is 282 g/mol. The van der Waals surface area contributed by atoms with E-state index in [1.165, 1.54) is 18.3 Å². The molecule has 2 heterocycles. The van der Waals surface area contributed by atoms with E-state index >= 15 is 0 Å². The van der Waals surface area contributed by atoms with Crippen LogP contribution in [-0.2, 0) is 4.79 Å². The molecule has 1 aliphatic heterocycles. The largest absolute Gasteiger partial charge is 0.333 e. The van der Waals surface area contributed by atoms with Gasteiger partial charge in [0.25, 0.3) is 5.91 Å². The molecule has 1 aromatic rings. The van der Waals surface area contributed by atoms with Crippen LogP contribution in [0.2, 0.25) is 0 Å². The zero-order chi connectivity index (χ0) is 13.8. The molecule has 1 aliphatic rings. The number of hydrogen-bond donors (Lipinski definition) is 2. The Morgan fingerprint density at radius 1 is 1.58 bits per heavy atom. The van der Waals surface area contributed by atoms with Gasteiger partial charge in [0.2, 0.25) is 5.91 Å². The lowest BCUT2D eigenvalue weighted by atomic mass is 10.2. The van der Waals surface area contributed by atoms with Gasteiger partial charge in [-0.3, -0.25) is 9.59 Å². The highest BCUT2D eigenvalue weighted by Gasteiger charge is 2.30. The van der Waals surface area contributed by atoms with Crippen LogP contribution in [0.5, 0.6) is 0 Å². The first-order valence-corrected chi connectivity index (χ1v) is 7.18. The third kappa shape index (κ3) is 3.30. The lowest BCUT2D eigenvalue weighted by Gasteiger charge is -2.23. The fourth-order valence-electron chi connectivity index (χ4n) is 2.28. The van der Waals surface area contributed by atoms with Crippen LogP contribution in [0.15, 0.2) is 5.38 Å². The number of amides is 2. The predicted molar refractivity (Wildman–Crippen MR) is 74.4 cm³/mol. The molecule has 1 fully saturated rings. The van der Waals surface area contributed by atoms with Gasteiger partial charge in [0, 0.05) is 31.4 Å². The summed E-state index contributed by atoms with van der Waals surface area (Å²) in [6.07, 6.45) is 2.05. The summed E-state index contributed by atoms with van der Waals surface area (Å²) in [4.78, 5) is 29.3. The average molecular weight is 282 g/mol. The van der Waals surface area contributed by atoms with Crippen LogP contribution in [-0.4, -0.2) is 47.9 Å². The maximum absolute atomic E-state index is 12.4. The van der Waals surface area contributed by atoms with E-state index in [4.69, 9.17) is 0 Å². The third-order valence-electron chi connectivity index (χ3n) is 3.08. The van der Waals surface area contributed by atoms with Crippen molar-refractivity contribution in [2.45, 2.75) is 25.8 Å². The molecule has 19 heavy (non-hydrogen) atoms. The topological polar surface area (TPSA) is 74.3 Å². The van der Waals surface area contributed by atoms with Crippen molar-refractivity contribution in [3.63, 3.8) is 0 Å². The molecule has 2 N–H and O–H groups in total. The number of nitrogens with zero attached hydrogens (tertiary/aromatic N) is 2. The normalized spacial score (nSPS) is 18.6. The van der Waals surface area contributed by atoms with Crippen LogP contribution in [0.25, 0.3) is 0 Å². The van der Waals surface area contributed by atoms with Gasteiger partial charge >= 0.3 is 0 Å². The van der Waals surface area contributed by atoms with Crippen molar-refractivity contribution in [1.29, 1.82) is 0 Å². The van der Waals surface area contributed by atoms with Gasteiger partial charge in [0.15, 0.2) is 5.13 Å². The van der Waals surface area contributed by atoms with Crippen LogP contribution in [0.3, 0.4) is 0 Å². The van der Waals surface area contributed by atoms with Crippen LogP contribution in [0, 0.1) is 0 Å². The van der Waals surface area contributed by atoms with Gasteiger partial charge in [-0.05, 0) is 19.9 Å². The Morgan fingerprint density at radius 2 is 2.37 bits per heavy atom. The Balaban J connectivity index is 2.06. The zero-order valence-corrected chi connectivity index (χ0v) is 11.9. The molecule has 2 amide bonds. The number of likely N-dealkylation sites (N-methyl/N-ethyl adjacent to an activating group) is 1. The molecule has 0 aliphatic carbocycles. The van der Waals surface area contributed by atoms with Crippen molar-refractivity contribution in [2.75, 3.05) is 25.5 Å². The molecule has 0 saturated carbocycles. The first kappa shape index (κ1) is 14.0. The van der Waals surface area contributed by atoms with Gasteiger partial charge in [-0.25, -0.2) is 4.98 Å². The molecule has 0 radical (unpaired) electrons. The number of carbonyl (C=O) groups excluding carboxylic acids is 2. The van der Waals surface area contributed by atoms with Crippen LogP contribution in [0.1, 0.15) is 30.3 Å². The Morgan fingerprint density at radius 3 is 3.05 bits per heavy atom. The van der Waals surface area contributed by atoms with E-state index in [1.54, 1.807) is 5.38 Å². The highest BCUT2D eigenvalue weighted by atomic mass is 32.1. The van der Waals surface area contributed by atoms with Crippen LogP contribution < -0.4 is 10.6 Å². The van der Waals surface area contributed by atoms with Gasteiger partial charge < -0.3 is 15.5 Å². The Labute approximate surface area is 116 Å². The third-order valence-corrected chi connectivity index (χ3v) is 3.84. The van der Waals surface area contributed by atoms with Gasteiger partial charge in [0.1, 0.15) is 5.69 Å². The van der Waals surface area contributed by atoms with Crippen LogP contribution in [0.4, 0.5) is 5.13 Å². The van der Waals surface area contributed by atoms with E-state index in [-0.39, 0.29) is 17.9 Å². The van der Waals surface area contributed by atoms with Crippen molar-refractivity contribution in [3.8, 4) is 0 Å². The number of hydrogen-bond acceptors (Lipinski definition) is 5. The summed E-state index contributed by atoms with van der Waals surface area (Å²) in [5.74, 6) is -0.229. The number of thiazole rings is 1. The van der Waals surface area contributed by atoms with Gasteiger partial charge in [-0.15, -0.1) is 11.3 Å². The molecule has 0 spiro atoms. The molecule has 0 bridgehead atoms. The maximum Gasteiger partial charge on any atom is 0.273 e. The summed E-state index contributed by atoms with van der Waals surface area (Å²) in [5.41, 5.74) is 0.414. The molecule has 6 nitrogen and oxygen atoms in total. The van der Waals surface area contributed by atoms with Crippen LogP contribution >= 0.6 is 11.3 Å². The SMILES string of the molecule is CNCC1CCCN1C(=O)c1csc(NC(C)=O)n1. The number of aromatic nitrogens is 1. The minimum absolute atomic E-state index is 0.0504. The Kier molecular flexibility index (Phi) is 4.49. The highest BCUT2D eigenvalue weighted by molar-refractivity contribution is 7.14. The summed E-state index contributed by atoms with van der Waals surface area (Å²) < 4.78 is 0. The smallest absolute Gasteiger partial charge is 0.273 e. The number of nitrogens with one attached hydrogen (secondary N) is 2. The van der Waals surface area contributed by atoms with Crippen molar-refractivity contribution in [3.05, 3.63) is 11.1 Å². The number of rotatable bonds is 4. The molecule has 7 heteroatoms. The second-order valence-electron chi connectivity index (χ2n) is 4.57. The maximum atomic E-state index is 12.4. The van der Waals surface area contributed by atoms with Gasteiger partial charge in [0.05, 0.1) is 0 Å². The predicted octanol–water partition coefficient (Wildman–Crippen LogP) is 0.925. The molecule has 1 atom stereocenters. The summed E-state index contributed by atoms with van der Waals surface area (Å²) in [5, 5.41) is 7.87. The van der Waals surface area contributed by atoms with E-state index in [1.807, 2.05) is 11.9 Å². The lowest BCUT2D eigenvalue weighted by Crippen LogP contribution is -2.40. The van der Waals surface area contributed by atoms with Crippen molar-refractivity contribution in [1.82, 2.24) is 15.2 Å². The molecule has 1 unspecified atom stereocenters. The van der Waals surface area contributed by atoms with E-state index in [2.05, 4.69) is 15.6 Å². The van der Waals surface area contributed by atoms with Crippen molar-refractivity contribution >= 4 is 28.3 Å². The zero-order valence-electron chi connectivity index (χ0n) is 11.1. The number of likely N-dealkylation sites (tertiary alicyclic amines) is 1. The lowest BCUT2D eigenvalue weighted by molar-refractivity contribution is -0.114.